The van der Waals surface area contributed by atoms with E-state index in [0.717, 1.165) is 5.56 Å². The number of anilines is 1. The number of nitrogens with zero attached hydrogens (tertiary/aromatic N) is 2. The van der Waals surface area contributed by atoms with E-state index in [1.807, 2.05) is 6.07 Å². The Morgan fingerprint density at radius 2 is 2.26 bits per heavy atom. The first-order valence-electron chi connectivity index (χ1n) is 5.46. The summed E-state index contributed by atoms with van der Waals surface area (Å²) in [6.07, 6.45) is 0. The molecule has 2 heterocycles. The fraction of sp³-hybridized carbons (Fsp3) is 0.0833. The third-order valence-electron chi connectivity index (χ3n) is 2.96. The zero-order valence-corrected chi connectivity index (χ0v) is 10.3. The third kappa shape index (κ3) is 1.77. The molecule has 0 fully saturated rings. The summed E-state index contributed by atoms with van der Waals surface area (Å²) in [5.41, 5.74) is 1.13. The topological polar surface area (TPSA) is 86.3 Å². The van der Waals surface area contributed by atoms with Crippen molar-refractivity contribution in [1.82, 2.24) is 10.2 Å². The number of benzene rings is 1. The van der Waals surface area contributed by atoms with Gasteiger partial charge in [-0.3, -0.25) is 14.8 Å². The molecule has 96 valence electrons. The van der Waals surface area contributed by atoms with Crippen LogP contribution in [0.3, 0.4) is 0 Å². The van der Waals surface area contributed by atoms with Crippen LogP contribution < -0.4 is 4.90 Å². The van der Waals surface area contributed by atoms with Crippen LogP contribution in [0, 0.1) is 0 Å². The monoisotopic (exact) mass is 277 g/mol. The summed E-state index contributed by atoms with van der Waals surface area (Å²) in [6.45, 7) is 0.343. The number of amides is 1. The fourth-order valence-electron chi connectivity index (χ4n) is 2.07. The minimum Gasteiger partial charge on any atom is -0.476 e. The van der Waals surface area contributed by atoms with Gasteiger partial charge in [0, 0.05) is 6.07 Å². The molecular formula is C12H8ClN3O3. The molecule has 0 saturated carbocycles. The predicted octanol–water partition coefficient (Wildman–Crippen LogP) is 1.92. The molecule has 2 aromatic rings. The number of hydrogen-bond acceptors (Lipinski definition) is 3. The van der Waals surface area contributed by atoms with E-state index in [9.17, 15) is 9.59 Å². The molecule has 3 rings (SSSR count). The number of aromatic amines is 1. The SMILES string of the molecule is O=C(O)c1cc(N2Cc3cccc(Cl)c3C2=O)[nH]n1. The van der Waals surface area contributed by atoms with Crippen LogP contribution in [-0.2, 0) is 6.54 Å². The second-order valence-corrected chi connectivity index (χ2v) is 4.52. The molecule has 0 spiro atoms. The van der Waals surface area contributed by atoms with Gasteiger partial charge in [0.1, 0.15) is 5.82 Å². The van der Waals surface area contributed by atoms with E-state index in [2.05, 4.69) is 10.2 Å². The minimum atomic E-state index is -1.15. The van der Waals surface area contributed by atoms with Gasteiger partial charge in [-0.2, -0.15) is 5.10 Å². The molecule has 0 saturated heterocycles. The van der Waals surface area contributed by atoms with Crippen molar-refractivity contribution in [3.63, 3.8) is 0 Å². The lowest BCUT2D eigenvalue weighted by atomic mass is 10.1. The Morgan fingerprint density at radius 1 is 1.47 bits per heavy atom. The van der Waals surface area contributed by atoms with Gasteiger partial charge >= 0.3 is 5.97 Å². The van der Waals surface area contributed by atoms with Crippen LogP contribution in [0.25, 0.3) is 0 Å². The van der Waals surface area contributed by atoms with Crippen molar-refractivity contribution >= 4 is 29.3 Å². The Bertz CT molecular complexity index is 695. The average molecular weight is 278 g/mol. The zero-order valence-electron chi connectivity index (χ0n) is 9.55. The van der Waals surface area contributed by atoms with Gasteiger partial charge in [-0.15, -0.1) is 0 Å². The van der Waals surface area contributed by atoms with E-state index in [1.165, 1.54) is 11.0 Å². The van der Waals surface area contributed by atoms with Crippen molar-refractivity contribution in [2.45, 2.75) is 6.54 Å². The lowest BCUT2D eigenvalue weighted by molar-refractivity contribution is 0.0690. The number of carboxylic acids is 1. The number of carbonyl (C=O) groups excluding carboxylic acids is 1. The lowest BCUT2D eigenvalue weighted by Gasteiger charge is -2.11. The molecule has 0 atom stereocenters. The van der Waals surface area contributed by atoms with Gasteiger partial charge in [0.25, 0.3) is 5.91 Å². The molecule has 2 N–H and O–H groups in total. The molecule has 0 unspecified atom stereocenters. The highest BCUT2D eigenvalue weighted by atomic mass is 35.5. The highest BCUT2D eigenvalue weighted by molar-refractivity contribution is 6.35. The summed E-state index contributed by atoms with van der Waals surface area (Å²) in [7, 11) is 0. The summed E-state index contributed by atoms with van der Waals surface area (Å²) >= 11 is 6.01. The van der Waals surface area contributed by atoms with Crippen LogP contribution in [-0.4, -0.2) is 27.2 Å². The van der Waals surface area contributed by atoms with E-state index < -0.39 is 5.97 Å². The number of hydrogen-bond donors (Lipinski definition) is 2. The molecule has 1 aromatic carbocycles. The van der Waals surface area contributed by atoms with Crippen molar-refractivity contribution < 1.29 is 14.7 Å². The molecule has 1 amide bonds. The van der Waals surface area contributed by atoms with Gasteiger partial charge in [0.15, 0.2) is 5.69 Å². The van der Waals surface area contributed by atoms with Gasteiger partial charge in [-0.1, -0.05) is 23.7 Å². The maximum absolute atomic E-state index is 12.2. The van der Waals surface area contributed by atoms with Gasteiger partial charge in [0.2, 0.25) is 0 Å². The summed E-state index contributed by atoms with van der Waals surface area (Å²) in [4.78, 5) is 24.4. The summed E-state index contributed by atoms with van der Waals surface area (Å²) in [6, 6.07) is 6.55. The molecule has 1 aromatic heterocycles. The van der Waals surface area contributed by atoms with Crippen molar-refractivity contribution in [3.05, 3.63) is 46.1 Å². The first-order valence-corrected chi connectivity index (χ1v) is 5.83. The van der Waals surface area contributed by atoms with Crippen LogP contribution in [0.4, 0.5) is 5.82 Å². The number of carbonyl (C=O) groups is 2. The number of nitrogens with one attached hydrogen (secondary N) is 1. The number of fused-ring (bicyclic) bond motifs is 1. The first kappa shape index (κ1) is 11.7. The molecule has 1 aliphatic rings. The largest absolute Gasteiger partial charge is 0.476 e. The van der Waals surface area contributed by atoms with E-state index in [4.69, 9.17) is 16.7 Å². The highest BCUT2D eigenvalue weighted by Gasteiger charge is 2.31. The number of H-pyrrole nitrogens is 1. The standard InChI is InChI=1S/C12H8ClN3O3/c13-7-3-1-2-6-5-16(11(17)10(6)7)9-4-8(12(18)19)14-15-9/h1-4H,5H2,(H,14,15)(H,18,19). The molecule has 0 radical (unpaired) electrons. The molecule has 1 aliphatic heterocycles. The molecule has 19 heavy (non-hydrogen) atoms. The van der Waals surface area contributed by atoms with Crippen molar-refractivity contribution in [2.24, 2.45) is 0 Å². The quantitative estimate of drug-likeness (QED) is 0.878. The molecular weight excluding hydrogens is 270 g/mol. The van der Waals surface area contributed by atoms with Gasteiger partial charge in [0.05, 0.1) is 17.1 Å². The maximum Gasteiger partial charge on any atom is 0.356 e. The predicted molar refractivity (Wildman–Crippen MR) is 67.5 cm³/mol. The molecule has 6 nitrogen and oxygen atoms in total. The van der Waals surface area contributed by atoms with E-state index in [1.54, 1.807) is 12.1 Å². The normalized spacial score (nSPS) is 13.7. The molecule has 0 bridgehead atoms. The van der Waals surface area contributed by atoms with Gasteiger partial charge in [-0.05, 0) is 11.6 Å². The van der Waals surface area contributed by atoms with Crippen molar-refractivity contribution in [1.29, 1.82) is 0 Å². The number of aromatic nitrogens is 2. The van der Waals surface area contributed by atoms with Crippen LogP contribution in [0.15, 0.2) is 24.3 Å². The smallest absolute Gasteiger partial charge is 0.356 e. The minimum absolute atomic E-state index is 0.134. The van der Waals surface area contributed by atoms with Gasteiger partial charge in [-0.25, -0.2) is 4.79 Å². The van der Waals surface area contributed by atoms with Crippen LogP contribution in [0.2, 0.25) is 5.02 Å². The zero-order chi connectivity index (χ0) is 13.6. The Kier molecular flexibility index (Phi) is 2.53. The van der Waals surface area contributed by atoms with E-state index in [-0.39, 0.29) is 11.6 Å². The lowest BCUT2D eigenvalue weighted by Crippen LogP contribution is -2.23. The highest BCUT2D eigenvalue weighted by Crippen LogP contribution is 2.31. The van der Waals surface area contributed by atoms with Crippen LogP contribution in [0.1, 0.15) is 26.4 Å². The first-order chi connectivity index (χ1) is 9.08. The van der Waals surface area contributed by atoms with E-state index >= 15 is 0 Å². The Balaban J connectivity index is 1.99. The summed E-state index contributed by atoms with van der Waals surface area (Å²) in [5.74, 6) is -1.07. The van der Waals surface area contributed by atoms with Crippen molar-refractivity contribution in [2.75, 3.05) is 4.90 Å². The van der Waals surface area contributed by atoms with Crippen molar-refractivity contribution in [3.8, 4) is 0 Å². The Morgan fingerprint density at radius 3 is 2.89 bits per heavy atom. The Labute approximate surface area is 112 Å². The molecule has 7 heteroatoms. The number of aromatic carboxylic acids is 1. The second kappa shape index (κ2) is 4.10. The third-order valence-corrected chi connectivity index (χ3v) is 3.28. The molecule has 0 aliphatic carbocycles. The van der Waals surface area contributed by atoms with E-state index in [0.29, 0.717) is 22.9 Å². The summed E-state index contributed by atoms with van der Waals surface area (Å²) in [5, 5.41) is 15.4. The fourth-order valence-corrected chi connectivity index (χ4v) is 2.35. The van der Waals surface area contributed by atoms with Gasteiger partial charge < -0.3 is 5.11 Å². The Hall–Kier alpha value is -2.34. The van der Waals surface area contributed by atoms with Crippen LogP contribution in [0.5, 0.6) is 0 Å². The maximum atomic E-state index is 12.2. The number of rotatable bonds is 2. The number of halogens is 1. The number of carboxylic acid groups (broad SMARTS) is 1. The van der Waals surface area contributed by atoms with Crippen LogP contribution >= 0.6 is 11.6 Å². The average Bonchev–Trinajstić information content (AvgIpc) is 2.95. The summed E-state index contributed by atoms with van der Waals surface area (Å²) < 4.78 is 0. The second-order valence-electron chi connectivity index (χ2n) is 4.11.